The van der Waals surface area contributed by atoms with Crippen LogP contribution in [0, 0.1) is 5.92 Å². The van der Waals surface area contributed by atoms with E-state index in [0.29, 0.717) is 5.92 Å². The molecule has 0 radical (unpaired) electrons. The topological polar surface area (TPSA) is 26.0 Å². The highest BCUT2D eigenvalue weighted by molar-refractivity contribution is 5.25. The minimum absolute atomic E-state index is 0.273. The van der Waals surface area contributed by atoms with Crippen molar-refractivity contribution in [3.8, 4) is 0 Å². The number of benzene rings is 1. The van der Waals surface area contributed by atoms with Crippen LogP contribution in [0.2, 0.25) is 0 Å². The van der Waals surface area contributed by atoms with Crippen LogP contribution in [0.5, 0.6) is 0 Å². The van der Waals surface area contributed by atoms with Crippen LogP contribution in [0.4, 0.5) is 13.2 Å². The first-order chi connectivity index (χ1) is 7.95. The van der Waals surface area contributed by atoms with Gasteiger partial charge in [0.1, 0.15) is 0 Å². The summed E-state index contributed by atoms with van der Waals surface area (Å²) in [6.45, 7) is 0. The van der Waals surface area contributed by atoms with Gasteiger partial charge in [-0.05, 0) is 49.3 Å². The monoisotopic (exact) mass is 243 g/mol. The van der Waals surface area contributed by atoms with Crippen LogP contribution in [-0.4, -0.2) is 6.04 Å². The fourth-order valence-electron chi connectivity index (χ4n) is 2.46. The third-order valence-corrected chi connectivity index (χ3v) is 3.39. The molecule has 4 heteroatoms. The Labute approximate surface area is 98.8 Å². The standard InChI is InChI=1S/C13H16F3N/c14-13(15,16)11-4-1-9(2-5-11)7-10-3-6-12(17)8-10/h1-2,4-5,10,12H,3,6-8,17H2. The Morgan fingerprint density at radius 2 is 1.76 bits per heavy atom. The van der Waals surface area contributed by atoms with E-state index in [-0.39, 0.29) is 6.04 Å². The van der Waals surface area contributed by atoms with E-state index in [0.717, 1.165) is 43.4 Å². The molecular weight excluding hydrogens is 227 g/mol. The SMILES string of the molecule is NC1CCC(Cc2ccc(C(F)(F)F)cc2)C1. The predicted octanol–water partition coefficient (Wildman–Crippen LogP) is 3.38. The predicted molar refractivity (Wildman–Crippen MR) is 60.5 cm³/mol. The highest BCUT2D eigenvalue weighted by Gasteiger charge is 2.30. The van der Waals surface area contributed by atoms with E-state index in [1.54, 1.807) is 12.1 Å². The summed E-state index contributed by atoms with van der Waals surface area (Å²) < 4.78 is 37.1. The molecule has 1 aromatic rings. The van der Waals surface area contributed by atoms with Gasteiger partial charge in [-0.15, -0.1) is 0 Å². The molecule has 1 aliphatic rings. The van der Waals surface area contributed by atoms with Crippen LogP contribution in [0.15, 0.2) is 24.3 Å². The van der Waals surface area contributed by atoms with Crippen molar-refractivity contribution in [1.29, 1.82) is 0 Å². The molecule has 17 heavy (non-hydrogen) atoms. The number of nitrogens with two attached hydrogens (primary N) is 1. The van der Waals surface area contributed by atoms with E-state index in [9.17, 15) is 13.2 Å². The third kappa shape index (κ3) is 3.22. The molecule has 0 heterocycles. The summed E-state index contributed by atoms with van der Waals surface area (Å²) in [6, 6.07) is 5.74. The Morgan fingerprint density at radius 1 is 1.12 bits per heavy atom. The zero-order valence-electron chi connectivity index (χ0n) is 9.50. The van der Waals surface area contributed by atoms with Gasteiger partial charge in [-0.1, -0.05) is 12.1 Å². The molecule has 0 aromatic heterocycles. The van der Waals surface area contributed by atoms with E-state index in [1.165, 1.54) is 0 Å². The summed E-state index contributed by atoms with van der Waals surface area (Å²) in [4.78, 5) is 0. The Morgan fingerprint density at radius 3 is 2.24 bits per heavy atom. The van der Waals surface area contributed by atoms with Crippen LogP contribution >= 0.6 is 0 Å². The zero-order valence-corrected chi connectivity index (χ0v) is 9.50. The fourth-order valence-corrected chi connectivity index (χ4v) is 2.46. The lowest BCUT2D eigenvalue weighted by Crippen LogP contribution is -2.15. The van der Waals surface area contributed by atoms with E-state index in [1.807, 2.05) is 0 Å². The van der Waals surface area contributed by atoms with Gasteiger partial charge in [0.15, 0.2) is 0 Å². The van der Waals surface area contributed by atoms with Gasteiger partial charge in [0.2, 0.25) is 0 Å². The summed E-state index contributed by atoms with van der Waals surface area (Å²) in [5, 5.41) is 0. The van der Waals surface area contributed by atoms with E-state index < -0.39 is 11.7 Å². The van der Waals surface area contributed by atoms with Crippen LogP contribution in [0.25, 0.3) is 0 Å². The lowest BCUT2D eigenvalue weighted by Gasteiger charge is -2.11. The minimum atomic E-state index is -4.24. The highest BCUT2D eigenvalue weighted by atomic mass is 19.4. The number of hydrogen-bond donors (Lipinski definition) is 1. The van der Waals surface area contributed by atoms with Crippen molar-refractivity contribution >= 4 is 0 Å². The lowest BCUT2D eigenvalue weighted by atomic mass is 9.97. The van der Waals surface area contributed by atoms with Gasteiger partial charge in [0, 0.05) is 6.04 Å². The van der Waals surface area contributed by atoms with Gasteiger partial charge in [-0.2, -0.15) is 13.2 Å². The normalized spacial score (nSPS) is 25.2. The summed E-state index contributed by atoms with van der Waals surface area (Å²) in [5.41, 5.74) is 6.20. The van der Waals surface area contributed by atoms with Gasteiger partial charge in [0.25, 0.3) is 0 Å². The van der Waals surface area contributed by atoms with Crippen molar-refractivity contribution in [2.24, 2.45) is 11.7 Å². The molecule has 2 rings (SSSR count). The molecule has 2 unspecified atom stereocenters. The molecular formula is C13H16F3N. The van der Waals surface area contributed by atoms with E-state index >= 15 is 0 Å². The second-order valence-corrected chi connectivity index (χ2v) is 4.84. The van der Waals surface area contributed by atoms with Crippen LogP contribution in [-0.2, 0) is 12.6 Å². The Hall–Kier alpha value is -1.03. The lowest BCUT2D eigenvalue weighted by molar-refractivity contribution is -0.137. The average Bonchev–Trinajstić information content (AvgIpc) is 2.63. The fraction of sp³-hybridized carbons (Fsp3) is 0.538. The van der Waals surface area contributed by atoms with Crippen molar-refractivity contribution < 1.29 is 13.2 Å². The second kappa shape index (κ2) is 4.69. The zero-order chi connectivity index (χ0) is 12.5. The quantitative estimate of drug-likeness (QED) is 0.846. The van der Waals surface area contributed by atoms with E-state index in [2.05, 4.69) is 0 Å². The number of hydrogen-bond acceptors (Lipinski definition) is 1. The molecule has 0 aliphatic heterocycles. The smallest absolute Gasteiger partial charge is 0.328 e. The molecule has 1 saturated carbocycles. The largest absolute Gasteiger partial charge is 0.416 e. The number of rotatable bonds is 2. The molecule has 2 N–H and O–H groups in total. The number of alkyl halides is 3. The minimum Gasteiger partial charge on any atom is -0.328 e. The van der Waals surface area contributed by atoms with Crippen molar-refractivity contribution in [3.05, 3.63) is 35.4 Å². The first-order valence-electron chi connectivity index (χ1n) is 5.87. The van der Waals surface area contributed by atoms with Crippen LogP contribution in [0.3, 0.4) is 0 Å². The summed E-state index contributed by atoms with van der Waals surface area (Å²) >= 11 is 0. The van der Waals surface area contributed by atoms with Crippen molar-refractivity contribution in [2.75, 3.05) is 0 Å². The molecule has 1 aliphatic carbocycles. The Bertz CT molecular complexity index is 369. The molecule has 0 bridgehead atoms. The van der Waals surface area contributed by atoms with Gasteiger partial charge < -0.3 is 5.73 Å². The summed E-state index contributed by atoms with van der Waals surface area (Å²) in [5.74, 6) is 0.529. The van der Waals surface area contributed by atoms with Crippen molar-refractivity contribution in [1.82, 2.24) is 0 Å². The average molecular weight is 243 g/mol. The maximum absolute atomic E-state index is 12.4. The molecule has 0 saturated heterocycles. The van der Waals surface area contributed by atoms with Gasteiger partial charge in [0.05, 0.1) is 5.56 Å². The Kier molecular flexibility index (Phi) is 3.43. The van der Waals surface area contributed by atoms with Crippen LogP contribution in [0.1, 0.15) is 30.4 Å². The molecule has 2 atom stereocenters. The first-order valence-corrected chi connectivity index (χ1v) is 5.87. The van der Waals surface area contributed by atoms with E-state index in [4.69, 9.17) is 5.73 Å². The maximum Gasteiger partial charge on any atom is 0.416 e. The molecule has 1 aromatic carbocycles. The number of halogens is 3. The second-order valence-electron chi connectivity index (χ2n) is 4.84. The summed E-state index contributed by atoms with van der Waals surface area (Å²) in [7, 11) is 0. The first kappa shape index (κ1) is 12.4. The van der Waals surface area contributed by atoms with Gasteiger partial charge in [-0.3, -0.25) is 0 Å². The van der Waals surface area contributed by atoms with Crippen molar-refractivity contribution in [3.63, 3.8) is 0 Å². The van der Waals surface area contributed by atoms with Gasteiger partial charge in [-0.25, -0.2) is 0 Å². The highest BCUT2D eigenvalue weighted by Crippen LogP contribution is 2.31. The summed E-state index contributed by atoms with van der Waals surface area (Å²) in [6.07, 6.45) is -0.297. The maximum atomic E-state index is 12.4. The molecule has 0 spiro atoms. The molecule has 1 nitrogen and oxygen atoms in total. The Balaban J connectivity index is 1.99. The molecule has 94 valence electrons. The molecule has 0 amide bonds. The van der Waals surface area contributed by atoms with Crippen LogP contribution < -0.4 is 5.73 Å². The van der Waals surface area contributed by atoms with Gasteiger partial charge >= 0.3 is 6.18 Å². The molecule has 1 fully saturated rings. The van der Waals surface area contributed by atoms with Crippen molar-refractivity contribution in [2.45, 2.75) is 37.9 Å². The third-order valence-electron chi connectivity index (χ3n) is 3.39.